The van der Waals surface area contributed by atoms with Gasteiger partial charge in [0.25, 0.3) is 0 Å². The van der Waals surface area contributed by atoms with E-state index in [2.05, 4.69) is 15.4 Å². The van der Waals surface area contributed by atoms with Gasteiger partial charge in [0.2, 0.25) is 5.91 Å². The number of esters is 1. The van der Waals surface area contributed by atoms with Crippen LogP contribution in [0.15, 0.2) is 23.1 Å². The summed E-state index contributed by atoms with van der Waals surface area (Å²) < 4.78 is 31.3. The lowest BCUT2D eigenvalue weighted by Crippen LogP contribution is -2.33. The molecule has 0 bridgehead atoms. The van der Waals surface area contributed by atoms with Crippen LogP contribution >= 0.6 is 11.8 Å². The minimum Gasteiger partial charge on any atom is -0.461 e. The number of rotatable bonds is 6. The summed E-state index contributed by atoms with van der Waals surface area (Å²) in [5.41, 5.74) is 0.465. The molecule has 1 aromatic heterocycles. The van der Waals surface area contributed by atoms with Crippen molar-refractivity contribution in [1.29, 1.82) is 0 Å². The van der Waals surface area contributed by atoms with Crippen LogP contribution < -0.4 is 0 Å². The van der Waals surface area contributed by atoms with E-state index >= 15 is 0 Å². The number of carbonyl (C=O) groups is 2. The van der Waals surface area contributed by atoms with Crippen molar-refractivity contribution in [3.05, 3.63) is 41.2 Å². The smallest absolute Gasteiger partial charge is 0.360 e. The maximum absolute atomic E-state index is 13.3. The number of hydrogen-bond donors (Lipinski definition) is 1. The molecular weight excluding hydrogens is 378 g/mol. The Balaban J connectivity index is 1.69. The summed E-state index contributed by atoms with van der Waals surface area (Å²) in [6.45, 7) is 2.43. The monoisotopic (exact) mass is 396 g/mol. The number of benzene rings is 1. The van der Waals surface area contributed by atoms with E-state index in [1.807, 2.05) is 0 Å². The molecule has 0 saturated carbocycles. The molecule has 1 aromatic carbocycles. The lowest BCUT2D eigenvalue weighted by molar-refractivity contribution is -0.129. The van der Waals surface area contributed by atoms with E-state index in [9.17, 15) is 18.4 Å². The number of thioether (sulfide) groups is 1. The number of halogens is 2. The molecule has 2 heterocycles. The fraction of sp³-hybridized carbons (Fsp3) is 0.412. The molecule has 27 heavy (non-hydrogen) atoms. The van der Waals surface area contributed by atoms with Crippen LogP contribution in [0.3, 0.4) is 0 Å². The van der Waals surface area contributed by atoms with E-state index < -0.39 is 17.6 Å². The summed E-state index contributed by atoms with van der Waals surface area (Å²) in [5.74, 6) is -2.58. The Morgan fingerprint density at radius 2 is 2.15 bits per heavy atom. The summed E-state index contributed by atoms with van der Waals surface area (Å²) in [6, 6.07) is 3.14. The maximum atomic E-state index is 13.3. The summed E-state index contributed by atoms with van der Waals surface area (Å²) in [4.78, 5) is 26.8. The predicted molar refractivity (Wildman–Crippen MR) is 93.1 cm³/mol. The van der Waals surface area contributed by atoms with Gasteiger partial charge in [-0.05, 0) is 38.0 Å². The zero-order valence-electron chi connectivity index (χ0n) is 14.6. The lowest BCUT2D eigenvalue weighted by Gasteiger charge is -2.23. The number of H-pyrrole nitrogens is 1. The highest BCUT2D eigenvalue weighted by Crippen LogP contribution is 2.33. The summed E-state index contributed by atoms with van der Waals surface area (Å²) in [7, 11) is 0. The van der Waals surface area contributed by atoms with Crippen molar-refractivity contribution < 1.29 is 23.1 Å². The van der Waals surface area contributed by atoms with Crippen molar-refractivity contribution >= 4 is 23.6 Å². The lowest BCUT2D eigenvalue weighted by atomic mass is 10.1. The minimum absolute atomic E-state index is 0.0637. The first-order valence-electron chi connectivity index (χ1n) is 8.46. The number of aromatic amines is 1. The molecule has 1 atom stereocenters. The van der Waals surface area contributed by atoms with Crippen LogP contribution in [-0.2, 0) is 9.53 Å². The van der Waals surface area contributed by atoms with E-state index in [1.165, 1.54) is 6.07 Å². The highest BCUT2D eigenvalue weighted by molar-refractivity contribution is 8.00. The van der Waals surface area contributed by atoms with Gasteiger partial charge in [-0.25, -0.2) is 13.6 Å². The largest absolute Gasteiger partial charge is 0.461 e. The van der Waals surface area contributed by atoms with E-state index in [-0.39, 0.29) is 30.0 Å². The highest BCUT2D eigenvalue weighted by atomic mass is 32.2. The number of nitrogens with one attached hydrogen (secondary N) is 1. The van der Waals surface area contributed by atoms with Crippen molar-refractivity contribution in [2.24, 2.45) is 0 Å². The summed E-state index contributed by atoms with van der Waals surface area (Å²) >= 11 is 1.12. The molecule has 7 nitrogen and oxygen atoms in total. The molecule has 1 aliphatic rings. The zero-order chi connectivity index (χ0) is 19.4. The molecule has 10 heteroatoms. The summed E-state index contributed by atoms with van der Waals surface area (Å²) in [6.07, 6.45) is 1.42. The second kappa shape index (κ2) is 8.47. The van der Waals surface area contributed by atoms with Gasteiger partial charge >= 0.3 is 5.97 Å². The second-order valence-electron chi connectivity index (χ2n) is 5.89. The van der Waals surface area contributed by atoms with E-state index in [0.29, 0.717) is 23.6 Å². The molecule has 1 N–H and O–H groups in total. The normalized spacial score (nSPS) is 16.6. The van der Waals surface area contributed by atoms with Crippen LogP contribution in [-0.4, -0.2) is 51.1 Å². The highest BCUT2D eigenvalue weighted by Gasteiger charge is 2.35. The maximum Gasteiger partial charge on any atom is 0.360 e. The first-order valence-corrected chi connectivity index (χ1v) is 9.45. The Bertz CT molecular complexity index is 845. The fourth-order valence-electron chi connectivity index (χ4n) is 2.97. The van der Waals surface area contributed by atoms with Crippen LogP contribution in [0.2, 0.25) is 0 Å². The number of carbonyl (C=O) groups excluding carboxylic acids is 2. The quantitative estimate of drug-likeness (QED) is 0.597. The van der Waals surface area contributed by atoms with E-state index in [0.717, 1.165) is 30.3 Å². The molecule has 0 radical (unpaired) electrons. The topological polar surface area (TPSA) is 88.2 Å². The molecule has 1 saturated heterocycles. The van der Waals surface area contributed by atoms with Gasteiger partial charge in [0, 0.05) is 11.4 Å². The molecule has 3 rings (SSSR count). The fourth-order valence-corrected chi connectivity index (χ4v) is 3.77. The number of aromatic nitrogens is 3. The third kappa shape index (κ3) is 4.26. The number of hydrogen-bond acceptors (Lipinski definition) is 6. The van der Waals surface area contributed by atoms with Crippen LogP contribution in [0.5, 0.6) is 0 Å². The van der Waals surface area contributed by atoms with Crippen molar-refractivity contribution in [2.45, 2.75) is 30.7 Å². The first kappa shape index (κ1) is 19.3. The Morgan fingerprint density at radius 1 is 1.33 bits per heavy atom. The molecular formula is C17H18F2N4O3S. The van der Waals surface area contributed by atoms with Crippen molar-refractivity contribution in [1.82, 2.24) is 20.3 Å². The standard InChI is InChI=1S/C17H18F2N4O3S/c1-2-26-17(25)16-15(20-22-21-16)13-4-3-7-23(13)14(24)9-27-10-5-6-11(18)12(19)8-10/h5-6,8,13H,2-4,7,9H2,1H3,(H,20,21,22). The van der Waals surface area contributed by atoms with Gasteiger partial charge in [0.05, 0.1) is 18.4 Å². The molecule has 1 fully saturated rings. The van der Waals surface area contributed by atoms with E-state index in [1.54, 1.807) is 11.8 Å². The van der Waals surface area contributed by atoms with Gasteiger partial charge in [0.1, 0.15) is 5.69 Å². The Hall–Kier alpha value is -2.49. The van der Waals surface area contributed by atoms with Gasteiger partial charge in [0.15, 0.2) is 17.3 Å². The average Bonchev–Trinajstić information content (AvgIpc) is 3.31. The minimum atomic E-state index is -0.951. The van der Waals surface area contributed by atoms with Gasteiger partial charge in [-0.2, -0.15) is 10.3 Å². The van der Waals surface area contributed by atoms with Crippen molar-refractivity contribution in [3.8, 4) is 0 Å². The van der Waals surface area contributed by atoms with Crippen molar-refractivity contribution in [3.63, 3.8) is 0 Å². The van der Waals surface area contributed by atoms with Crippen LogP contribution in [0.25, 0.3) is 0 Å². The number of ether oxygens (including phenoxy) is 1. The molecule has 144 valence electrons. The van der Waals surface area contributed by atoms with Gasteiger partial charge in [-0.3, -0.25) is 4.79 Å². The zero-order valence-corrected chi connectivity index (χ0v) is 15.4. The molecule has 1 amide bonds. The first-order chi connectivity index (χ1) is 13.0. The van der Waals surface area contributed by atoms with E-state index in [4.69, 9.17) is 4.74 Å². The Morgan fingerprint density at radius 3 is 2.89 bits per heavy atom. The number of amides is 1. The molecule has 1 unspecified atom stereocenters. The van der Waals surface area contributed by atoms with Crippen LogP contribution in [0.4, 0.5) is 8.78 Å². The molecule has 2 aromatic rings. The van der Waals surface area contributed by atoms with Gasteiger partial charge in [-0.1, -0.05) is 0 Å². The predicted octanol–water partition coefficient (Wildman–Crippen LogP) is 2.72. The van der Waals surface area contributed by atoms with Crippen molar-refractivity contribution in [2.75, 3.05) is 18.9 Å². The molecule has 1 aliphatic heterocycles. The number of likely N-dealkylation sites (tertiary alicyclic amines) is 1. The van der Waals surface area contributed by atoms with Gasteiger partial charge < -0.3 is 9.64 Å². The number of nitrogens with zero attached hydrogens (tertiary/aromatic N) is 3. The molecule has 0 spiro atoms. The third-order valence-electron chi connectivity index (χ3n) is 4.19. The second-order valence-corrected chi connectivity index (χ2v) is 6.94. The Kier molecular flexibility index (Phi) is 6.04. The average molecular weight is 396 g/mol. The molecule has 0 aliphatic carbocycles. The van der Waals surface area contributed by atoms with Crippen LogP contribution in [0, 0.1) is 11.6 Å². The third-order valence-corrected chi connectivity index (χ3v) is 5.16. The summed E-state index contributed by atoms with van der Waals surface area (Å²) in [5, 5.41) is 10.3. The van der Waals surface area contributed by atoms with Crippen LogP contribution in [0.1, 0.15) is 42.0 Å². The Labute approximate surface area is 158 Å². The SMILES string of the molecule is CCOC(=O)c1n[nH]nc1C1CCCN1C(=O)CSc1ccc(F)c(F)c1. The van der Waals surface area contributed by atoms with Gasteiger partial charge in [-0.15, -0.1) is 16.9 Å².